The number of rotatable bonds is 8. The van der Waals surface area contributed by atoms with E-state index in [2.05, 4.69) is 16.7 Å². The molecule has 0 amide bonds. The third-order valence-corrected chi connectivity index (χ3v) is 4.51. The number of aryl methyl sites for hydroxylation is 1. The van der Waals surface area contributed by atoms with E-state index in [1.807, 2.05) is 31.2 Å². The summed E-state index contributed by atoms with van der Waals surface area (Å²) in [6.45, 7) is 9.07. The van der Waals surface area contributed by atoms with Crippen LogP contribution in [0.15, 0.2) is 24.3 Å². The molecule has 0 bridgehead atoms. The van der Waals surface area contributed by atoms with Crippen LogP contribution in [0.25, 0.3) is 0 Å². The second-order valence-electron chi connectivity index (χ2n) is 6.36. The van der Waals surface area contributed by atoms with Crippen LogP contribution in [-0.4, -0.2) is 78.1 Å². The van der Waals surface area contributed by atoms with Crippen molar-refractivity contribution in [3.05, 3.63) is 29.8 Å². The maximum absolute atomic E-state index is 10.2. The molecule has 1 aromatic rings. The van der Waals surface area contributed by atoms with Crippen LogP contribution in [0.2, 0.25) is 0 Å². The number of β-amino-alcohol motifs (C(OH)–C–C–N with tert-alkyl or cyclic N) is 1. The Hall–Kier alpha value is -1.14. The second-order valence-corrected chi connectivity index (χ2v) is 6.36. The average Bonchev–Trinajstić information content (AvgIpc) is 2.56. The third kappa shape index (κ3) is 5.77. The number of hydrogen-bond donors (Lipinski definition) is 2. The summed E-state index contributed by atoms with van der Waals surface area (Å²) in [4.78, 5) is 4.61. The SMILES string of the molecule is CCC(CO)N1CCN(CC(O)COc2cccc(C)c2)CC1. The van der Waals surface area contributed by atoms with E-state index in [4.69, 9.17) is 4.74 Å². The molecule has 130 valence electrons. The minimum atomic E-state index is -0.484. The zero-order valence-electron chi connectivity index (χ0n) is 14.3. The highest BCUT2D eigenvalue weighted by atomic mass is 16.5. The van der Waals surface area contributed by atoms with Gasteiger partial charge in [-0.3, -0.25) is 9.80 Å². The average molecular weight is 322 g/mol. The summed E-state index contributed by atoms with van der Waals surface area (Å²) in [6, 6.07) is 8.15. The summed E-state index contributed by atoms with van der Waals surface area (Å²) < 4.78 is 5.66. The molecule has 1 aliphatic rings. The summed E-state index contributed by atoms with van der Waals surface area (Å²) in [5.41, 5.74) is 1.16. The van der Waals surface area contributed by atoms with Gasteiger partial charge in [-0.25, -0.2) is 0 Å². The Morgan fingerprint density at radius 2 is 1.96 bits per heavy atom. The maximum atomic E-state index is 10.2. The van der Waals surface area contributed by atoms with Gasteiger partial charge in [0.25, 0.3) is 0 Å². The zero-order chi connectivity index (χ0) is 16.7. The van der Waals surface area contributed by atoms with Crippen molar-refractivity contribution in [3.8, 4) is 5.75 Å². The molecule has 0 aromatic heterocycles. The van der Waals surface area contributed by atoms with Crippen LogP contribution in [0.3, 0.4) is 0 Å². The minimum absolute atomic E-state index is 0.226. The Labute approximate surface area is 139 Å². The van der Waals surface area contributed by atoms with Crippen LogP contribution in [-0.2, 0) is 0 Å². The molecule has 1 aromatic carbocycles. The van der Waals surface area contributed by atoms with E-state index in [1.165, 1.54) is 0 Å². The van der Waals surface area contributed by atoms with E-state index in [-0.39, 0.29) is 12.6 Å². The Kier molecular flexibility index (Phi) is 7.30. The van der Waals surface area contributed by atoms with Crippen molar-refractivity contribution in [1.82, 2.24) is 9.80 Å². The molecule has 1 saturated heterocycles. The minimum Gasteiger partial charge on any atom is -0.491 e. The van der Waals surface area contributed by atoms with Gasteiger partial charge in [-0.1, -0.05) is 19.1 Å². The van der Waals surface area contributed by atoms with Crippen molar-refractivity contribution in [3.63, 3.8) is 0 Å². The van der Waals surface area contributed by atoms with Crippen LogP contribution in [0.1, 0.15) is 18.9 Å². The van der Waals surface area contributed by atoms with Gasteiger partial charge in [0.1, 0.15) is 18.5 Å². The van der Waals surface area contributed by atoms with Crippen LogP contribution >= 0.6 is 0 Å². The topological polar surface area (TPSA) is 56.2 Å². The molecular weight excluding hydrogens is 292 g/mol. The number of aliphatic hydroxyl groups is 2. The monoisotopic (exact) mass is 322 g/mol. The molecule has 0 saturated carbocycles. The number of aliphatic hydroxyl groups excluding tert-OH is 2. The molecule has 5 heteroatoms. The van der Waals surface area contributed by atoms with E-state index >= 15 is 0 Å². The van der Waals surface area contributed by atoms with Crippen LogP contribution in [0.4, 0.5) is 0 Å². The Morgan fingerprint density at radius 1 is 1.22 bits per heavy atom. The normalized spacial score (nSPS) is 19.5. The highest BCUT2D eigenvalue weighted by Crippen LogP contribution is 2.13. The zero-order valence-corrected chi connectivity index (χ0v) is 14.3. The molecule has 2 rings (SSSR count). The lowest BCUT2D eigenvalue weighted by molar-refractivity contribution is 0.0262. The largest absolute Gasteiger partial charge is 0.491 e. The van der Waals surface area contributed by atoms with Gasteiger partial charge in [-0.2, -0.15) is 0 Å². The molecular formula is C18H30N2O3. The summed E-state index contributed by atoms with van der Waals surface area (Å²) in [5, 5.41) is 19.6. The first-order valence-corrected chi connectivity index (χ1v) is 8.57. The molecule has 0 aliphatic carbocycles. The van der Waals surface area contributed by atoms with Gasteiger partial charge in [-0.15, -0.1) is 0 Å². The van der Waals surface area contributed by atoms with Gasteiger partial charge < -0.3 is 14.9 Å². The van der Waals surface area contributed by atoms with Crippen molar-refractivity contribution < 1.29 is 14.9 Å². The third-order valence-electron chi connectivity index (χ3n) is 4.51. The van der Waals surface area contributed by atoms with Gasteiger partial charge in [0, 0.05) is 38.8 Å². The summed E-state index contributed by atoms with van der Waals surface area (Å²) >= 11 is 0. The van der Waals surface area contributed by atoms with Crippen LogP contribution < -0.4 is 4.74 Å². The molecule has 1 aliphatic heterocycles. The molecule has 5 nitrogen and oxygen atoms in total. The summed E-state index contributed by atoms with van der Waals surface area (Å²) in [5.74, 6) is 0.808. The number of hydrogen-bond acceptors (Lipinski definition) is 5. The van der Waals surface area contributed by atoms with E-state index < -0.39 is 6.10 Å². The molecule has 23 heavy (non-hydrogen) atoms. The molecule has 1 fully saturated rings. The number of ether oxygens (including phenoxy) is 1. The fourth-order valence-corrected chi connectivity index (χ4v) is 3.06. The van der Waals surface area contributed by atoms with E-state index in [0.29, 0.717) is 13.2 Å². The smallest absolute Gasteiger partial charge is 0.119 e. The highest BCUT2D eigenvalue weighted by Gasteiger charge is 2.23. The fraction of sp³-hybridized carbons (Fsp3) is 0.667. The first-order chi connectivity index (χ1) is 11.1. The van der Waals surface area contributed by atoms with Crippen molar-refractivity contribution in [2.24, 2.45) is 0 Å². The number of nitrogens with zero attached hydrogens (tertiary/aromatic N) is 2. The van der Waals surface area contributed by atoms with Crippen LogP contribution in [0, 0.1) is 6.92 Å². The van der Waals surface area contributed by atoms with Crippen molar-refractivity contribution in [1.29, 1.82) is 0 Å². The van der Waals surface area contributed by atoms with Crippen LogP contribution in [0.5, 0.6) is 5.75 Å². The van der Waals surface area contributed by atoms with Gasteiger partial charge in [0.05, 0.1) is 6.61 Å². The molecule has 2 N–H and O–H groups in total. The summed E-state index contributed by atoms with van der Waals surface area (Å²) in [7, 11) is 0. The predicted octanol–water partition coefficient (Wildman–Crippen LogP) is 1.12. The first kappa shape index (κ1) is 18.2. The lowest BCUT2D eigenvalue weighted by Gasteiger charge is -2.39. The van der Waals surface area contributed by atoms with Gasteiger partial charge in [0.15, 0.2) is 0 Å². The van der Waals surface area contributed by atoms with Crippen molar-refractivity contribution in [2.75, 3.05) is 45.9 Å². The van der Waals surface area contributed by atoms with E-state index in [9.17, 15) is 10.2 Å². The summed E-state index contributed by atoms with van der Waals surface area (Å²) in [6.07, 6.45) is 0.491. The van der Waals surface area contributed by atoms with Crippen molar-refractivity contribution in [2.45, 2.75) is 32.4 Å². The molecule has 2 unspecified atom stereocenters. The molecule has 0 radical (unpaired) electrons. The van der Waals surface area contributed by atoms with E-state index in [1.54, 1.807) is 0 Å². The first-order valence-electron chi connectivity index (χ1n) is 8.57. The highest BCUT2D eigenvalue weighted by molar-refractivity contribution is 5.27. The predicted molar refractivity (Wildman–Crippen MR) is 91.9 cm³/mol. The van der Waals surface area contributed by atoms with E-state index in [0.717, 1.165) is 43.9 Å². The Bertz CT molecular complexity index is 457. The second kappa shape index (κ2) is 9.23. The molecule has 1 heterocycles. The lowest BCUT2D eigenvalue weighted by atomic mass is 10.1. The van der Waals surface area contributed by atoms with Gasteiger partial charge in [0.2, 0.25) is 0 Å². The molecule has 0 spiro atoms. The maximum Gasteiger partial charge on any atom is 0.119 e. The Balaban J connectivity index is 1.69. The molecule has 2 atom stereocenters. The fourth-order valence-electron chi connectivity index (χ4n) is 3.06. The number of benzene rings is 1. The van der Waals surface area contributed by atoms with Gasteiger partial charge >= 0.3 is 0 Å². The van der Waals surface area contributed by atoms with Gasteiger partial charge in [-0.05, 0) is 31.0 Å². The standard InChI is InChI=1S/C18H30N2O3/c1-3-16(13-21)20-9-7-19(8-10-20)12-17(22)14-23-18-6-4-5-15(2)11-18/h4-6,11,16-17,21-22H,3,7-10,12-14H2,1-2H3. The van der Waals surface area contributed by atoms with Crippen molar-refractivity contribution >= 4 is 0 Å². The lowest BCUT2D eigenvalue weighted by Crippen LogP contribution is -2.52. The number of piperazine rings is 1. The quantitative estimate of drug-likeness (QED) is 0.751. The Morgan fingerprint density at radius 3 is 2.57 bits per heavy atom.